The van der Waals surface area contributed by atoms with E-state index < -0.39 is 0 Å². The summed E-state index contributed by atoms with van der Waals surface area (Å²) in [7, 11) is 4.69. The van der Waals surface area contributed by atoms with Crippen molar-refractivity contribution in [2.45, 2.75) is 46.5 Å². The fourth-order valence-electron chi connectivity index (χ4n) is 1.81. The lowest BCUT2D eigenvalue weighted by molar-refractivity contribution is -0.890. The van der Waals surface area contributed by atoms with Crippen molar-refractivity contribution in [3.05, 3.63) is 0 Å². The first-order valence-corrected chi connectivity index (χ1v) is 5.80. The molecule has 0 fully saturated rings. The Morgan fingerprint density at radius 2 is 1.62 bits per heavy atom. The van der Waals surface area contributed by atoms with Crippen molar-refractivity contribution in [2.24, 2.45) is 5.92 Å². The van der Waals surface area contributed by atoms with Gasteiger partial charge in [-0.15, -0.1) is 0 Å². The highest BCUT2D eigenvalue weighted by Crippen LogP contribution is 2.09. The minimum Gasteiger partial charge on any atom is -0.328 e. The average molecular weight is 186 g/mol. The van der Waals surface area contributed by atoms with Gasteiger partial charge in [0.25, 0.3) is 0 Å². The Bertz CT molecular complexity index is 116. The highest BCUT2D eigenvalue weighted by atomic mass is 15.3. The highest BCUT2D eigenvalue weighted by Gasteiger charge is 2.12. The normalized spacial score (nSPS) is 12.5. The van der Waals surface area contributed by atoms with Gasteiger partial charge in [0.15, 0.2) is 0 Å². The predicted octanol–water partition coefficient (Wildman–Crippen LogP) is 3.30. The Labute approximate surface area is 84.7 Å². The molecule has 0 spiro atoms. The van der Waals surface area contributed by atoms with Gasteiger partial charge in [0.2, 0.25) is 0 Å². The first-order valence-electron chi connectivity index (χ1n) is 5.80. The van der Waals surface area contributed by atoms with Crippen LogP contribution >= 0.6 is 0 Å². The summed E-state index contributed by atoms with van der Waals surface area (Å²) in [5, 5.41) is 0. The van der Waals surface area contributed by atoms with Crippen LogP contribution < -0.4 is 0 Å². The van der Waals surface area contributed by atoms with Crippen LogP contribution in [0.3, 0.4) is 0 Å². The van der Waals surface area contributed by atoms with Gasteiger partial charge in [-0.3, -0.25) is 0 Å². The van der Waals surface area contributed by atoms with Gasteiger partial charge in [-0.1, -0.05) is 27.2 Å². The molecule has 0 rings (SSSR count). The molecule has 1 heteroatoms. The van der Waals surface area contributed by atoms with Crippen LogP contribution in [0, 0.1) is 5.92 Å². The summed E-state index contributed by atoms with van der Waals surface area (Å²) in [5.74, 6) is 0.877. The van der Waals surface area contributed by atoms with Gasteiger partial charge in [0.05, 0.1) is 27.2 Å². The predicted molar refractivity (Wildman–Crippen MR) is 60.8 cm³/mol. The zero-order valence-corrected chi connectivity index (χ0v) is 10.3. The minimum atomic E-state index is 0.877. The van der Waals surface area contributed by atoms with Gasteiger partial charge < -0.3 is 4.48 Å². The maximum Gasteiger partial charge on any atom is 0.0782 e. The molecule has 0 unspecified atom stereocenters. The van der Waals surface area contributed by atoms with Crippen LogP contribution in [-0.2, 0) is 0 Å². The topological polar surface area (TPSA) is 0 Å². The third-order valence-electron chi connectivity index (χ3n) is 2.62. The maximum atomic E-state index is 2.35. The number of hydrogen-bond donors (Lipinski definition) is 0. The summed E-state index contributed by atoms with van der Waals surface area (Å²) in [6.45, 7) is 9.56. The molecule has 0 saturated heterocycles. The van der Waals surface area contributed by atoms with Crippen LogP contribution in [0.5, 0.6) is 0 Å². The first-order chi connectivity index (χ1) is 5.98. The molecule has 0 bridgehead atoms. The fraction of sp³-hybridized carbons (Fsp3) is 1.00. The monoisotopic (exact) mass is 186 g/mol. The summed E-state index contributed by atoms with van der Waals surface area (Å²) in [6.07, 6.45) is 5.50. The van der Waals surface area contributed by atoms with Crippen molar-refractivity contribution in [3.8, 4) is 0 Å². The molecule has 0 atom stereocenters. The van der Waals surface area contributed by atoms with Gasteiger partial charge in [-0.05, 0) is 25.2 Å². The molecule has 0 amide bonds. The summed E-state index contributed by atoms with van der Waals surface area (Å²) < 4.78 is 1.20. The fourth-order valence-corrected chi connectivity index (χ4v) is 1.81. The number of unbranched alkanes of at least 4 members (excludes halogenated alkanes) is 1. The Hall–Kier alpha value is -0.0400. The van der Waals surface area contributed by atoms with Crippen LogP contribution in [0.1, 0.15) is 46.5 Å². The molecule has 0 aliphatic rings. The first kappa shape index (κ1) is 13.0. The number of hydrogen-bond acceptors (Lipinski definition) is 0. The molecule has 0 aliphatic carbocycles. The van der Waals surface area contributed by atoms with Crippen LogP contribution in [0.4, 0.5) is 0 Å². The molecule has 1 nitrogen and oxygen atoms in total. The van der Waals surface area contributed by atoms with Gasteiger partial charge in [-0.25, -0.2) is 0 Å². The lowest BCUT2D eigenvalue weighted by Gasteiger charge is -2.29. The molecule has 0 radical (unpaired) electrons. The van der Waals surface area contributed by atoms with Crippen LogP contribution in [0.15, 0.2) is 0 Å². The van der Waals surface area contributed by atoms with Gasteiger partial charge in [-0.2, -0.15) is 0 Å². The molecule has 13 heavy (non-hydrogen) atoms. The molecular formula is C12H28N+. The van der Waals surface area contributed by atoms with E-state index in [9.17, 15) is 0 Å². The number of quaternary nitrogens is 1. The van der Waals surface area contributed by atoms with E-state index in [1.165, 1.54) is 43.3 Å². The summed E-state index contributed by atoms with van der Waals surface area (Å²) >= 11 is 0. The summed E-state index contributed by atoms with van der Waals surface area (Å²) in [4.78, 5) is 0. The zero-order valence-electron chi connectivity index (χ0n) is 10.3. The maximum absolute atomic E-state index is 2.35. The summed E-state index contributed by atoms with van der Waals surface area (Å²) in [6, 6.07) is 0. The molecular weight excluding hydrogens is 158 g/mol. The molecule has 0 N–H and O–H groups in total. The Morgan fingerprint density at radius 3 is 2.08 bits per heavy atom. The molecule has 0 aromatic carbocycles. The molecule has 0 aliphatic heterocycles. The molecule has 0 heterocycles. The van der Waals surface area contributed by atoms with Crippen molar-refractivity contribution in [3.63, 3.8) is 0 Å². The van der Waals surface area contributed by atoms with Crippen molar-refractivity contribution in [2.75, 3.05) is 27.2 Å². The average Bonchev–Trinajstić information content (AvgIpc) is 1.98. The van der Waals surface area contributed by atoms with Gasteiger partial charge >= 0.3 is 0 Å². The molecule has 80 valence electrons. The molecule has 0 aromatic rings. The van der Waals surface area contributed by atoms with E-state index in [1.54, 1.807) is 0 Å². The number of nitrogens with zero attached hydrogens (tertiary/aromatic N) is 1. The standard InChI is InChI=1S/C12H28N/c1-6-10-13(4,5)11-8-7-9-12(2)3/h12H,6-11H2,1-5H3/q+1. The minimum absolute atomic E-state index is 0.877. The smallest absolute Gasteiger partial charge is 0.0782 e. The van der Waals surface area contributed by atoms with Crippen LogP contribution in [0.2, 0.25) is 0 Å². The Kier molecular flexibility index (Phi) is 6.40. The number of rotatable bonds is 7. The molecule has 0 saturated carbocycles. The molecule has 0 aromatic heterocycles. The van der Waals surface area contributed by atoms with Crippen molar-refractivity contribution < 1.29 is 4.48 Å². The van der Waals surface area contributed by atoms with E-state index in [0.29, 0.717) is 0 Å². The van der Waals surface area contributed by atoms with Crippen LogP contribution in [0.25, 0.3) is 0 Å². The van der Waals surface area contributed by atoms with E-state index in [2.05, 4.69) is 34.9 Å². The lowest BCUT2D eigenvalue weighted by Crippen LogP contribution is -2.40. The SMILES string of the molecule is CCC[N+](C)(C)CCCCC(C)C. The van der Waals surface area contributed by atoms with Crippen molar-refractivity contribution >= 4 is 0 Å². The third kappa shape index (κ3) is 8.29. The van der Waals surface area contributed by atoms with Crippen LogP contribution in [-0.4, -0.2) is 31.7 Å². The van der Waals surface area contributed by atoms with Gasteiger partial charge in [0, 0.05) is 0 Å². The second-order valence-electron chi connectivity index (χ2n) is 5.27. The van der Waals surface area contributed by atoms with Crippen molar-refractivity contribution in [1.82, 2.24) is 0 Å². The quantitative estimate of drug-likeness (QED) is 0.423. The second kappa shape index (κ2) is 6.42. The van der Waals surface area contributed by atoms with E-state index in [-0.39, 0.29) is 0 Å². The highest BCUT2D eigenvalue weighted by molar-refractivity contribution is 4.46. The third-order valence-corrected chi connectivity index (χ3v) is 2.62. The van der Waals surface area contributed by atoms with Crippen molar-refractivity contribution in [1.29, 1.82) is 0 Å². The summed E-state index contributed by atoms with van der Waals surface area (Å²) in [5.41, 5.74) is 0. The van der Waals surface area contributed by atoms with Gasteiger partial charge in [0.1, 0.15) is 0 Å². The Balaban J connectivity index is 3.40. The Morgan fingerprint density at radius 1 is 1.00 bits per heavy atom. The van der Waals surface area contributed by atoms with E-state index in [0.717, 1.165) is 5.92 Å². The lowest BCUT2D eigenvalue weighted by atomic mass is 10.1. The largest absolute Gasteiger partial charge is 0.328 e. The second-order valence-corrected chi connectivity index (χ2v) is 5.27. The van der Waals surface area contributed by atoms with E-state index in [4.69, 9.17) is 0 Å². The van der Waals surface area contributed by atoms with E-state index in [1.807, 2.05) is 0 Å². The van der Waals surface area contributed by atoms with E-state index >= 15 is 0 Å². The zero-order chi connectivity index (χ0) is 10.3.